The first-order chi connectivity index (χ1) is 12.1. The summed E-state index contributed by atoms with van der Waals surface area (Å²) in [7, 11) is 0. The van der Waals surface area contributed by atoms with Crippen LogP contribution < -0.4 is 5.32 Å². The Kier molecular flexibility index (Phi) is 5.47. The number of esters is 1. The van der Waals surface area contributed by atoms with E-state index in [4.69, 9.17) is 20.8 Å². The summed E-state index contributed by atoms with van der Waals surface area (Å²) in [4.78, 5) is 27.9. The van der Waals surface area contributed by atoms with E-state index in [0.717, 1.165) is 5.56 Å². The summed E-state index contributed by atoms with van der Waals surface area (Å²) in [6, 6.07) is 10.6. The minimum atomic E-state index is -0.649. The monoisotopic (exact) mass is 376 g/mol. The Bertz CT molecular complexity index is 859. The average Bonchev–Trinajstić information content (AvgIpc) is 3.30. The van der Waals surface area contributed by atoms with Gasteiger partial charge in [-0.05, 0) is 24.3 Å². The molecule has 2 aromatic heterocycles. The third kappa shape index (κ3) is 4.68. The summed E-state index contributed by atoms with van der Waals surface area (Å²) in [5, 5.41) is 5.48. The van der Waals surface area contributed by atoms with Crippen LogP contribution in [0.1, 0.15) is 16.2 Å². The first-order valence-corrected chi connectivity index (χ1v) is 8.55. The van der Waals surface area contributed by atoms with Gasteiger partial charge in [0.25, 0.3) is 5.91 Å². The Labute approximate surface area is 152 Å². The number of carbonyl (C=O) groups is 2. The van der Waals surface area contributed by atoms with Gasteiger partial charge in [-0.2, -0.15) is 0 Å². The van der Waals surface area contributed by atoms with Gasteiger partial charge in [0.05, 0.1) is 12.8 Å². The van der Waals surface area contributed by atoms with Crippen LogP contribution in [0.4, 0.5) is 0 Å². The topological polar surface area (TPSA) is 81.4 Å². The van der Waals surface area contributed by atoms with E-state index >= 15 is 0 Å². The zero-order valence-electron chi connectivity index (χ0n) is 12.9. The predicted octanol–water partition coefficient (Wildman–Crippen LogP) is 3.53. The summed E-state index contributed by atoms with van der Waals surface area (Å²) in [6.45, 7) is -0.145. The molecule has 0 atom stereocenters. The van der Waals surface area contributed by atoms with Gasteiger partial charge in [-0.25, -0.2) is 9.78 Å². The number of aromatic nitrogens is 1. The van der Waals surface area contributed by atoms with Crippen molar-refractivity contribution in [3.05, 3.63) is 64.5 Å². The van der Waals surface area contributed by atoms with Crippen LogP contribution in [0.5, 0.6) is 0 Å². The highest BCUT2D eigenvalue weighted by atomic mass is 35.5. The van der Waals surface area contributed by atoms with Crippen molar-refractivity contribution in [2.75, 3.05) is 6.61 Å². The van der Waals surface area contributed by atoms with E-state index in [1.54, 1.807) is 29.6 Å². The lowest BCUT2D eigenvalue weighted by Gasteiger charge is -2.04. The molecule has 0 aliphatic carbocycles. The van der Waals surface area contributed by atoms with Gasteiger partial charge in [0.15, 0.2) is 12.3 Å². The number of thiazole rings is 1. The van der Waals surface area contributed by atoms with E-state index in [9.17, 15) is 9.59 Å². The summed E-state index contributed by atoms with van der Waals surface area (Å²) >= 11 is 7.16. The average molecular weight is 377 g/mol. The van der Waals surface area contributed by atoms with Crippen LogP contribution in [0.2, 0.25) is 5.02 Å². The molecule has 2 heterocycles. The number of hydrogen-bond donors (Lipinski definition) is 1. The number of carbonyl (C=O) groups excluding carboxylic acids is 2. The normalized spacial score (nSPS) is 10.4. The van der Waals surface area contributed by atoms with Crippen molar-refractivity contribution < 1.29 is 18.7 Å². The summed E-state index contributed by atoms with van der Waals surface area (Å²) in [5.41, 5.74) is 1.01. The molecule has 25 heavy (non-hydrogen) atoms. The van der Waals surface area contributed by atoms with Crippen molar-refractivity contribution >= 4 is 34.8 Å². The van der Waals surface area contributed by atoms with Crippen LogP contribution in [0.25, 0.3) is 10.6 Å². The maximum Gasteiger partial charge on any atom is 0.358 e. The smallest absolute Gasteiger partial charge is 0.358 e. The van der Waals surface area contributed by atoms with Crippen molar-refractivity contribution in [3.8, 4) is 10.6 Å². The van der Waals surface area contributed by atoms with E-state index in [2.05, 4.69) is 10.3 Å². The largest absolute Gasteiger partial charge is 0.467 e. The molecule has 0 fully saturated rings. The van der Waals surface area contributed by atoms with Crippen molar-refractivity contribution in [2.45, 2.75) is 6.54 Å². The lowest BCUT2D eigenvalue weighted by molar-refractivity contribution is -0.124. The second-order valence-electron chi connectivity index (χ2n) is 4.98. The molecule has 1 aromatic carbocycles. The van der Waals surface area contributed by atoms with Gasteiger partial charge in [-0.1, -0.05) is 23.7 Å². The second-order valence-corrected chi connectivity index (χ2v) is 6.27. The summed E-state index contributed by atoms with van der Waals surface area (Å²) in [5.74, 6) is -0.450. The number of amides is 1. The van der Waals surface area contributed by atoms with Crippen molar-refractivity contribution in [1.82, 2.24) is 10.3 Å². The van der Waals surface area contributed by atoms with Gasteiger partial charge in [0.1, 0.15) is 10.8 Å². The fourth-order valence-electron chi connectivity index (χ4n) is 1.95. The lowest BCUT2D eigenvalue weighted by atomic mass is 10.2. The lowest BCUT2D eigenvalue weighted by Crippen LogP contribution is -2.28. The molecule has 0 aliphatic heterocycles. The molecule has 0 aliphatic rings. The van der Waals surface area contributed by atoms with Crippen LogP contribution >= 0.6 is 22.9 Å². The number of halogens is 1. The van der Waals surface area contributed by atoms with Gasteiger partial charge in [0.2, 0.25) is 0 Å². The van der Waals surface area contributed by atoms with Crippen LogP contribution in [0.15, 0.2) is 52.5 Å². The highest BCUT2D eigenvalue weighted by Crippen LogP contribution is 2.25. The van der Waals surface area contributed by atoms with E-state index in [1.807, 2.05) is 12.1 Å². The maximum atomic E-state index is 12.0. The van der Waals surface area contributed by atoms with Crippen molar-refractivity contribution in [2.24, 2.45) is 0 Å². The van der Waals surface area contributed by atoms with Gasteiger partial charge in [0, 0.05) is 16.0 Å². The molecule has 0 saturated carbocycles. The van der Waals surface area contributed by atoms with E-state index in [1.165, 1.54) is 17.6 Å². The van der Waals surface area contributed by atoms with E-state index < -0.39 is 11.9 Å². The van der Waals surface area contributed by atoms with Crippen LogP contribution in [-0.2, 0) is 16.1 Å². The Morgan fingerprint density at radius 2 is 2.04 bits per heavy atom. The Morgan fingerprint density at radius 1 is 1.24 bits per heavy atom. The van der Waals surface area contributed by atoms with Gasteiger partial charge in [-0.15, -0.1) is 11.3 Å². The number of nitrogens with one attached hydrogen (secondary N) is 1. The number of ether oxygens (including phenoxy) is 1. The molecule has 0 spiro atoms. The molecule has 0 bridgehead atoms. The third-order valence-corrected chi connectivity index (χ3v) is 4.32. The summed E-state index contributed by atoms with van der Waals surface area (Å²) in [6.07, 6.45) is 1.52. The quantitative estimate of drug-likeness (QED) is 0.665. The van der Waals surface area contributed by atoms with Gasteiger partial charge >= 0.3 is 5.97 Å². The van der Waals surface area contributed by atoms with Crippen LogP contribution in [0, 0.1) is 0 Å². The van der Waals surface area contributed by atoms with Crippen molar-refractivity contribution in [1.29, 1.82) is 0 Å². The minimum Gasteiger partial charge on any atom is -0.467 e. The Balaban J connectivity index is 1.51. The molecule has 0 unspecified atom stereocenters. The minimum absolute atomic E-state index is 0.161. The fourth-order valence-corrected chi connectivity index (χ4v) is 2.87. The molecular weight excluding hydrogens is 364 g/mol. The second kappa shape index (κ2) is 7.96. The van der Waals surface area contributed by atoms with E-state index in [0.29, 0.717) is 15.8 Å². The molecule has 0 radical (unpaired) electrons. The fraction of sp³-hybridized carbons (Fsp3) is 0.118. The first kappa shape index (κ1) is 17.2. The zero-order valence-corrected chi connectivity index (χ0v) is 14.5. The Morgan fingerprint density at radius 3 is 2.76 bits per heavy atom. The number of hydrogen-bond acceptors (Lipinski definition) is 6. The van der Waals surface area contributed by atoms with Gasteiger partial charge < -0.3 is 14.5 Å². The maximum absolute atomic E-state index is 12.0. The third-order valence-electron chi connectivity index (χ3n) is 3.18. The molecule has 6 nitrogen and oxygen atoms in total. The molecule has 3 rings (SSSR count). The molecular formula is C17H13ClN2O4S. The SMILES string of the molecule is O=C(COC(=O)c1csc(-c2ccc(Cl)cc2)n1)NCc1ccco1. The molecule has 3 aromatic rings. The number of furan rings is 1. The van der Waals surface area contributed by atoms with Gasteiger partial charge in [-0.3, -0.25) is 4.79 Å². The zero-order chi connectivity index (χ0) is 17.6. The number of nitrogens with zero attached hydrogens (tertiary/aromatic N) is 1. The molecule has 1 amide bonds. The number of benzene rings is 1. The highest BCUT2D eigenvalue weighted by molar-refractivity contribution is 7.13. The van der Waals surface area contributed by atoms with Crippen molar-refractivity contribution in [3.63, 3.8) is 0 Å². The number of rotatable bonds is 6. The van der Waals surface area contributed by atoms with E-state index in [-0.39, 0.29) is 18.8 Å². The Hall–Kier alpha value is -2.64. The standard InChI is InChI=1S/C17H13ClN2O4S/c18-12-5-3-11(4-6-12)16-20-14(10-25-16)17(22)24-9-15(21)19-8-13-2-1-7-23-13/h1-7,10H,8-9H2,(H,19,21). The molecule has 0 saturated heterocycles. The molecule has 128 valence electrons. The highest BCUT2D eigenvalue weighted by Gasteiger charge is 2.15. The summed E-state index contributed by atoms with van der Waals surface area (Å²) < 4.78 is 10.1. The first-order valence-electron chi connectivity index (χ1n) is 7.29. The molecule has 1 N–H and O–H groups in total. The van der Waals surface area contributed by atoms with Crippen LogP contribution in [0.3, 0.4) is 0 Å². The predicted molar refractivity (Wildman–Crippen MR) is 93.4 cm³/mol. The molecule has 8 heteroatoms. The van der Waals surface area contributed by atoms with Crippen LogP contribution in [-0.4, -0.2) is 23.5 Å².